The summed E-state index contributed by atoms with van der Waals surface area (Å²) in [6.45, 7) is 0. The van der Waals surface area contributed by atoms with Crippen LogP contribution >= 0.6 is 0 Å². The number of aliphatic hydroxyl groups excluding tert-OH is 1. The normalized spacial score (nSPS) is 18.5. The fourth-order valence-electron chi connectivity index (χ4n) is 3.84. The highest BCUT2D eigenvalue weighted by Gasteiger charge is 2.36. The standard InChI is InChI=1S/C26H18N2O3/c1-28-19(13-11-17-7-3-5-9-23(17)28)15-21-24(29)20(25(30)26(21)31)14-18-12-10-16-6-2-4-8-22(16)27-18/h2-15,29H,1H3/b19-15-,20-14-. The highest BCUT2D eigenvalue weighted by atomic mass is 16.3. The summed E-state index contributed by atoms with van der Waals surface area (Å²) >= 11 is 0. The van der Waals surface area contributed by atoms with Crippen LogP contribution in [0.3, 0.4) is 0 Å². The number of Topliss-reactive ketones (excluding diaryl/α,β-unsaturated/α-hetero) is 2. The van der Waals surface area contributed by atoms with E-state index >= 15 is 0 Å². The van der Waals surface area contributed by atoms with Crippen LogP contribution in [0.25, 0.3) is 23.1 Å². The molecule has 1 aliphatic carbocycles. The van der Waals surface area contributed by atoms with Crippen molar-refractivity contribution >= 4 is 40.3 Å². The van der Waals surface area contributed by atoms with Crippen LogP contribution in [0.2, 0.25) is 0 Å². The number of fused-ring (bicyclic) bond motifs is 2. The smallest absolute Gasteiger partial charge is 0.237 e. The molecule has 5 heteroatoms. The predicted octanol–water partition coefficient (Wildman–Crippen LogP) is 4.63. The molecule has 0 spiro atoms. The molecular weight excluding hydrogens is 388 g/mol. The Balaban J connectivity index is 1.55. The van der Waals surface area contributed by atoms with Crippen LogP contribution in [-0.4, -0.2) is 28.7 Å². The van der Waals surface area contributed by atoms with E-state index in [9.17, 15) is 14.7 Å². The van der Waals surface area contributed by atoms with Crippen molar-refractivity contribution in [2.75, 3.05) is 11.9 Å². The zero-order chi connectivity index (χ0) is 21.5. The molecule has 0 bridgehead atoms. The van der Waals surface area contributed by atoms with Crippen LogP contribution in [0.15, 0.2) is 95.4 Å². The van der Waals surface area contributed by atoms with Gasteiger partial charge < -0.3 is 10.0 Å². The van der Waals surface area contributed by atoms with Gasteiger partial charge in [0.1, 0.15) is 5.76 Å². The van der Waals surface area contributed by atoms with Crippen LogP contribution in [0.1, 0.15) is 11.3 Å². The molecule has 1 N–H and O–H groups in total. The van der Waals surface area contributed by atoms with Crippen LogP contribution in [0, 0.1) is 0 Å². The van der Waals surface area contributed by atoms with Gasteiger partial charge in [-0.25, -0.2) is 4.98 Å². The maximum atomic E-state index is 12.6. The molecule has 0 radical (unpaired) electrons. The second-order valence-electron chi connectivity index (χ2n) is 7.43. The first-order valence-corrected chi connectivity index (χ1v) is 9.85. The number of carbonyl (C=O) groups excluding carboxylic acids is 2. The number of nitrogens with zero attached hydrogens (tertiary/aromatic N) is 2. The molecule has 0 atom stereocenters. The molecule has 0 saturated heterocycles. The Morgan fingerprint density at radius 3 is 2.52 bits per heavy atom. The molecule has 2 aromatic carbocycles. The lowest BCUT2D eigenvalue weighted by molar-refractivity contribution is -0.131. The van der Waals surface area contributed by atoms with E-state index in [2.05, 4.69) is 4.98 Å². The zero-order valence-corrected chi connectivity index (χ0v) is 16.7. The molecule has 1 aliphatic heterocycles. The van der Waals surface area contributed by atoms with Gasteiger partial charge in [0, 0.05) is 23.8 Å². The van der Waals surface area contributed by atoms with Crippen LogP contribution in [0.4, 0.5) is 5.69 Å². The lowest BCUT2D eigenvalue weighted by Gasteiger charge is -2.26. The van der Waals surface area contributed by atoms with Crippen molar-refractivity contribution in [1.82, 2.24) is 4.98 Å². The highest BCUT2D eigenvalue weighted by Crippen LogP contribution is 2.32. The van der Waals surface area contributed by atoms with E-state index in [1.807, 2.05) is 78.7 Å². The topological polar surface area (TPSA) is 70.5 Å². The minimum Gasteiger partial charge on any atom is -0.506 e. The first-order chi connectivity index (χ1) is 15.0. The van der Waals surface area contributed by atoms with Gasteiger partial charge in [0.2, 0.25) is 11.6 Å². The number of ketones is 2. The van der Waals surface area contributed by atoms with Gasteiger partial charge in [-0.15, -0.1) is 0 Å². The van der Waals surface area contributed by atoms with E-state index in [4.69, 9.17) is 0 Å². The number of pyridine rings is 1. The summed E-state index contributed by atoms with van der Waals surface area (Å²) in [5, 5.41) is 11.7. The summed E-state index contributed by atoms with van der Waals surface area (Å²) in [5.74, 6) is -1.78. The zero-order valence-electron chi connectivity index (χ0n) is 16.7. The van der Waals surface area contributed by atoms with Gasteiger partial charge in [0.05, 0.1) is 22.4 Å². The molecule has 2 aliphatic rings. The molecule has 0 fully saturated rings. The third-order valence-corrected chi connectivity index (χ3v) is 5.53. The minimum absolute atomic E-state index is 0.0112. The van der Waals surface area contributed by atoms with Gasteiger partial charge in [-0.2, -0.15) is 0 Å². The minimum atomic E-state index is -0.734. The molecule has 5 nitrogen and oxygen atoms in total. The van der Waals surface area contributed by atoms with Crippen molar-refractivity contribution in [3.05, 3.63) is 107 Å². The summed E-state index contributed by atoms with van der Waals surface area (Å²) < 4.78 is 0. The molecule has 1 aromatic heterocycles. The van der Waals surface area contributed by atoms with Crippen molar-refractivity contribution in [3.63, 3.8) is 0 Å². The van der Waals surface area contributed by atoms with Gasteiger partial charge in [-0.1, -0.05) is 48.5 Å². The SMILES string of the molecule is CN1/C(=C\C2=C(O)C(=C/c3ccc4ccccc4n3)/C(=O)C2=O)C=Cc2ccccc21. The maximum Gasteiger partial charge on any atom is 0.237 e. The molecular formula is C26H18N2O3. The van der Waals surface area contributed by atoms with Crippen molar-refractivity contribution in [3.8, 4) is 0 Å². The van der Waals surface area contributed by atoms with Crippen LogP contribution in [0.5, 0.6) is 0 Å². The average Bonchev–Trinajstić information content (AvgIpc) is 2.99. The fraction of sp³-hybridized carbons (Fsp3) is 0.0385. The van der Waals surface area contributed by atoms with E-state index in [0.29, 0.717) is 11.4 Å². The molecule has 0 amide bonds. The second-order valence-corrected chi connectivity index (χ2v) is 7.43. The number of hydrogen-bond acceptors (Lipinski definition) is 5. The first kappa shape index (κ1) is 18.8. The fourth-order valence-corrected chi connectivity index (χ4v) is 3.84. The number of hydrogen-bond donors (Lipinski definition) is 1. The number of rotatable bonds is 2. The van der Waals surface area contributed by atoms with Gasteiger partial charge in [-0.05, 0) is 42.0 Å². The number of para-hydroxylation sites is 2. The van der Waals surface area contributed by atoms with E-state index < -0.39 is 11.6 Å². The molecule has 0 unspecified atom stereocenters. The summed E-state index contributed by atoms with van der Waals surface area (Å²) in [7, 11) is 1.88. The van der Waals surface area contributed by atoms with Gasteiger partial charge in [0.25, 0.3) is 0 Å². The number of likely N-dealkylation sites (N-methyl/N-ethyl adjacent to an activating group) is 1. The monoisotopic (exact) mass is 406 g/mol. The third-order valence-electron chi connectivity index (χ3n) is 5.53. The lowest BCUT2D eigenvalue weighted by Crippen LogP contribution is -2.19. The van der Waals surface area contributed by atoms with Crippen molar-refractivity contribution in [1.29, 1.82) is 0 Å². The summed E-state index contributed by atoms with van der Waals surface area (Å²) in [5.41, 5.74) is 3.95. The molecule has 150 valence electrons. The molecule has 0 saturated carbocycles. The Labute approximate surface area is 179 Å². The first-order valence-electron chi connectivity index (χ1n) is 9.85. The van der Waals surface area contributed by atoms with Gasteiger partial charge >= 0.3 is 0 Å². The maximum absolute atomic E-state index is 12.6. The molecule has 5 rings (SSSR count). The highest BCUT2D eigenvalue weighted by molar-refractivity contribution is 6.54. The summed E-state index contributed by atoms with van der Waals surface area (Å²) in [6.07, 6.45) is 6.81. The Morgan fingerprint density at radius 1 is 0.871 bits per heavy atom. The Hall–Kier alpha value is -4.25. The number of allylic oxidation sites excluding steroid dienone is 4. The van der Waals surface area contributed by atoms with Gasteiger partial charge in [-0.3, -0.25) is 9.59 Å². The number of carbonyl (C=O) groups is 2. The molecule has 3 aromatic rings. The van der Waals surface area contributed by atoms with Crippen molar-refractivity contribution in [2.45, 2.75) is 0 Å². The second kappa shape index (κ2) is 7.22. The molecule has 31 heavy (non-hydrogen) atoms. The Bertz CT molecular complexity index is 1390. The number of aliphatic hydroxyl groups is 1. The number of aromatic nitrogens is 1. The van der Waals surface area contributed by atoms with Crippen LogP contribution < -0.4 is 4.90 Å². The van der Waals surface area contributed by atoms with Gasteiger partial charge in [0.15, 0.2) is 0 Å². The Kier molecular flexibility index (Phi) is 4.37. The number of anilines is 1. The Morgan fingerprint density at radius 2 is 1.65 bits per heavy atom. The quantitative estimate of drug-likeness (QED) is 0.496. The van der Waals surface area contributed by atoms with E-state index in [1.165, 1.54) is 6.08 Å². The van der Waals surface area contributed by atoms with E-state index in [1.54, 1.807) is 12.1 Å². The van der Waals surface area contributed by atoms with E-state index in [-0.39, 0.29) is 16.9 Å². The van der Waals surface area contributed by atoms with Crippen molar-refractivity contribution < 1.29 is 14.7 Å². The predicted molar refractivity (Wildman–Crippen MR) is 121 cm³/mol. The third kappa shape index (κ3) is 3.16. The summed E-state index contributed by atoms with van der Waals surface area (Å²) in [4.78, 5) is 31.7. The van der Waals surface area contributed by atoms with Crippen molar-refractivity contribution in [2.24, 2.45) is 0 Å². The number of benzene rings is 2. The largest absolute Gasteiger partial charge is 0.506 e. The van der Waals surface area contributed by atoms with E-state index in [0.717, 1.165) is 22.2 Å². The summed E-state index contributed by atoms with van der Waals surface area (Å²) in [6, 6.07) is 19.1. The van der Waals surface area contributed by atoms with Crippen LogP contribution in [-0.2, 0) is 9.59 Å². The lowest BCUT2D eigenvalue weighted by atomic mass is 10.0. The average molecular weight is 406 g/mol. The molecule has 2 heterocycles.